The summed E-state index contributed by atoms with van der Waals surface area (Å²) in [5, 5.41) is 3.01. The SMILES string of the molecule is CCOCCCOc1ccc(C(C)NC)c(F)c1. The van der Waals surface area contributed by atoms with Gasteiger partial charge in [0.15, 0.2) is 0 Å². The number of halogens is 1. The van der Waals surface area contributed by atoms with Gasteiger partial charge >= 0.3 is 0 Å². The third kappa shape index (κ3) is 4.63. The highest BCUT2D eigenvalue weighted by molar-refractivity contribution is 5.30. The van der Waals surface area contributed by atoms with Crippen molar-refractivity contribution in [1.29, 1.82) is 0 Å². The largest absolute Gasteiger partial charge is 0.493 e. The lowest BCUT2D eigenvalue weighted by atomic mass is 10.1. The van der Waals surface area contributed by atoms with E-state index in [1.165, 1.54) is 6.07 Å². The van der Waals surface area contributed by atoms with Crippen molar-refractivity contribution in [3.8, 4) is 5.75 Å². The third-order valence-corrected chi connectivity index (χ3v) is 2.78. The number of hydrogen-bond donors (Lipinski definition) is 1. The smallest absolute Gasteiger partial charge is 0.131 e. The maximum atomic E-state index is 13.8. The molecule has 0 aliphatic rings. The molecule has 1 N–H and O–H groups in total. The van der Waals surface area contributed by atoms with E-state index in [-0.39, 0.29) is 11.9 Å². The quantitative estimate of drug-likeness (QED) is 0.724. The van der Waals surface area contributed by atoms with Crippen molar-refractivity contribution in [3.63, 3.8) is 0 Å². The Morgan fingerprint density at radius 3 is 2.72 bits per heavy atom. The maximum absolute atomic E-state index is 13.8. The fraction of sp³-hybridized carbons (Fsp3) is 0.571. The molecule has 1 aromatic carbocycles. The van der Waals surface area contributed by atoms with Crippen LogP contribution in [0.1, 0.15) is 31.9 Å². The van der Waals surface area contributed by atoms with Gasteiger partial charge in [-0.05, 0) is 27.0 Å². The summed E-state index contributed by atoms with van der Waals surface area (Å²) in [5.41, 5.74) is 0.652. The van der Waals surface area contributed by atoms with Crippen molar-refractivity contribution in [1.82, 2.24) is 5.32 Å². The molecule has 102 valence electrons. The predicted molar refractivity (Wildman–Crippen MR) is 70.5 cm³/mol. The van der Waals surface area contributed by atoms with Crippen LogP contribution in [0.15, 0.2) is 18.2 Å². The van der Waals surface area contributed by atoms with E-state index in [1.807, 2.05) is 20.9 Å². The summed E-state index contributed by atoms with van der Waals surface area (Å²) in [4.78, 5) is 0. The van der Waals surface area contributed by atoms with Gasteiger partial charge in [0.25, 0.3) is 0 Å². The Bertz CT molecular complexity index is 358. The van der Waals surface area contributed by atoms with Gasteiger partial charge in [-0.2, -0.15) is 0 Å². The first-order valence-electron chi connectivity index (χ1n) is 6.36. The number of benzene rings is 1. The normalized spacial score (nSPS) is 12.4. The molecule has 0 aliphatic heterocycles. The average molecular weight is 255 g/mol. The first-order valence-corrected chi connectivity index (χ1v) is 6.36. The molecule has 1 aromatic rings. The van der Waals surface area contributed by atoms with Crippen molar-refractivity contribution in [2.24, 2.45) is 0 Å². The van der Waals surface area contributed by atoms with E-state index in [1.54, 1.807) is 12.1 Å². The lowest BCUT2D eigenvalue weighted by Gasteiger charge is -2.13. The van der Waals surface area contributed by atoms with E-state index in [4.69, 9.17) is 9.47 Å². The molecule has 1 unspecified atom stereocenters. The molecule has 1 atom stereocenters. The van der Waals surface area contributed by atoms with Gasteiger partial charge in [0.05, 0.1) is 6.61 Å². The van der Waals surface area contributed by atoms with E-state index in [2.05, 4.69) is 5.32 Å². The summed E-state index contributed by atoms with van der Waals surface area (Å²) in [6.45, 7) is 5.80. The summed E-state index contributed by atoms with van der Waals surface area (Å²) in [6.07, 6.45) is 0.810. The average Bonchev–Trinajstić information content (AvgIpc) is 2.38. The van der Waals surface area contributed by atoms with Crippen molar-refractivity contribution < 1.29 is 13.9 Å². The molecule has 1 rings (SSSR count). The zero-order valence-electron chi connectivity index (χ0n) is 11.3. The van der Waals surface area contributed by atoms with Crippen LogP contribution in [0.5, 0.6) is 5.75 Å². The van der Waals surface area contributed by atoms with Crippen LogP contribution in [0.4, 0.5) is 4.39 Å². The monoisotopic (exact) mass is 255 g/mol. The minimum absolute atomic E-state index is 0.00277. The first-order chi connectivity index (χ1) is 8.69. The third-order valence-electron chi connectivity index (χ3n) is 2.78. The Labute approximate surface area is 108 Å². The van der Waals surface area contributed by atoms with Gasteiger partial charge in [-0.1, -0.05) is 6.07 Å². The number of nitrogens with one attached hydrogen (secondary N) is 1. The maximum Gasteiger partial charge on any atom is 0.131 e. The minimum atomic E-state index is -0.237. The zero-order chi connectivity index (χ0) is 13.4. The minimum Gasteiger partial charge on any atom is -0.493 e. The molecule has 0 heterocycles. The predicted octanol–water partition coefficient (Wildman–Crippen LogP) is 2.91. The van der Waals surface area contributed by atoms with E-state index < -0.39 is 0 Å². The van der Waals surface area contributed by atoms with Crippen molar-refractivity contribution in [2.45, 2.75) is 26.3 Å². The molecule has 0 aromatic heterocycles. The highest BCUT2D eigenvalue weighted by Crippen LogP contribution is 2.21. The second kappa shape index (κ2) is 8.06. The summed E-state index contributed by atoms with van der Waals surface area (Å²) < 4.78 is 24.4. The van der Waals surface area contributed by atoms with Gasteiger partial charge in [0.2, 0.25) is 0 Å². The van der Waals surface area contributed by atoms with Crippen molar-refractivity contribution >= 4 is 0 Å². The van der Waals surface area contributed by atoms with Crippen LogP contribution in [0, 0.1) is 5.82 Å². The molecular weight excluding hydrogens is 233 g/mol. The molecule has 18 heavy (non-hydrogen) atoms. The number of hydrogen-bond acceptors (Lipinski definition) is 3. The summed E-state index contributed by atoms with van der Waals surface area (Å²) in [6, 6.07) is 4.99. The molecule has 0 amide bonds. The molecule has 0 saturated heterocycles. The molecule has 4 heteroatoms. The molecular formula is C14H22FNO2. The number of rotatable bonds is 8. The fourth-order valence-electron chi connectivity index (χ4n) is 1.60. The van der Waals surface area contributed by atoms with Gasteiger partial charge in [-0.25, -0.2) is 4.39 Å². The van der Waals surface area contributed by atoms with Gasteiger partial charge in [0.1, 0.15) is 11.6 Å². The molecule has 0 radical (unpaired) electrons. The van der Waals surface area contributed by atoms with Gasteiger partial charge in [-0.15, -0.1) is 0 Å². The van der Waals surface area contributed by atoms with E-state index in [0.29, 0.717) is 31.1 Å². The van der Waals surface area contributed by atoms with Crippen LogP contribution in [0.2, 0.25) is 0 Å². The van der Waals surface area contributed by atoms with Gasteiger partial charge in [-0.3, -0.25) is 0 Å². The topological polar surface area (TPSA) is 30.5 Å². The van der Waals surface area contributed by atoms with Crippen LogP contribution in [-0.2, 0) is 4.74 Å². The molecule has 0 fully saturated rings. The Morgan fingerprint density at radius 2 is 2.11 bits per heavy atom. The van der Waals surface area contributed by atoms with Crippen LogP contribution < -0.4 is 10.1 Å². The second-order valence-corrected chi connectivity index (χ2v) is 4.09. The fourth-order valence-corrected chi connectivity index (χ4v) is 1.60. The zero-order valence-corrected chi connectivity index (χ0v) is 11.3. The summed E-state index contributed by atoms with van der Waals surface area (Å²) >= 11 is 0. The molecule has 0 saturated carbocycles. The highest BCUT2D eigenvalue weighted by Gasteiger charge is 2.09. The lowest BCUT2D eigenvalue weighted by molar-refractivity contribution is 0.131. The van der Waals surface area contributed by atoms with E-state index in [9.17, 15) is 4.39 Å². The van der Waals surface area contributed by atoms with E-state index in [0.717, 1.165) is 6.42 Å². The number of ether oxygens (including phenoxy) is 2. The Balaban J connectivity index is 2.46. The molecule has 0 spiro atoms. The van der Waals surface area contributed by atoms with Crippen LogP contribution in [0.3, 0.4) is 0 Å². The van der Waals surface area contributed by atoms with Crippen molar-refractivity contribution in [2.75, 3.05) is 26.9 Å². The van der Waals surface area contributed by atoms with Crippen LogP contribution in [-0.4, -0.2) is 26.9 Å². The van der Waals surface area contributed by atoms with Gasteiger partial charge in [0, 0.05) is 37.3 Å². The summed E-state index contributed by atoms with van der Waals surface area (Å²) in [7, 11) is 1.81. The highest BCUT2D eigenvalue weighted by atomic mass is 19.1. The molecule has 0 bridgehead atoms. The Morgan fingerprint density at radius 1 is 1.33 bits per heavy atom. The van der Waals surface area contributed by atoms with Crippen LogP contribution >= 0.6 is 0 Å². The van der Waals surface area contributed by atoms with Crippen molar-refractivity contribution in [3.05, 3.63) is 29.6 Å². The molecule has 0 aliphatic carbocycles. The standard InChI is InChI=1S/C14H22FNO2/c1-4-17-8-5-9-18-12-6-7-13(11(2)16-3)14(15)10-12/h6-7,10-11,16H,4-5,8-9H2,1-3H3. The second-order valence-electron chi connectivity index (χ2n) is 4.09. The van der Waals surface area contributed by atoms with Gasteiger partial charge < -0.3 is 14.8 Å². The Kier molecular flexibility index (Phi) is 6.68. The Hall–Kier alpha value is -1.13. The van der Waals surface area contributed by atoms with E-state index >= 15 is 0 Å². The summed E-state index contributed by atoms with van der Waals surface area (Å²) in [5.74, 6) is 0.329. The molecule has 3 nitrogen and oxygen atoms in total. The first kappa shape index (κ1) is 14.9. The van der Waals surface area contributed by atoms with Crippen LogP contribution in [0.25, 0.3) is 0 Å². The lowest BCUT2D eigenvalue weighted by Crippen LogP contribution is -2.14.